The second-order valence-corrected chi connectivity index (χ2v) is 6.57. The van der Waals surface area contributed by atoms with Crippen LogP contribution in [-0.4, -0.2) is 44.2 Å². The number of carbonyl (C=O) groups is 1. The van der Waals surface area contributed by atoms with Crippen LogP contribution in [0, 0.1) is 17.2 Å². The van der Waals surface area contributed by atoms with Crippen LogP contribution in [0.4, 0.5) is 0 Å². The van der Waals surface area contributed by atoms with Crippen molar-refractivity contribution in [1.29, 1.82) is 5.26 Å². The monoisotopic (exact) mass is 350 g/mol. The topological polar surface area (TPSA) is 62.6 Å². The number of benzene rings is 2. The van der Waals surface area contributed by atoms with Crippen molar-refractivity contribution in [3.05, 3.63) is 54.1 Å². The maximum absolute atomic E-state index is 11.7. The minimum atomic E-state index is -0.147. The van der Waals surface area contributed by atoms with E-state index in [0.717, 1.165) is 23.3 Å². The van der Waals surface area contributed by atoms with Crippen LogP contribution < -0.4 is 4.74 Å². The highest BCUT2D eigenvalue weighted by atomic mass is 16.5. The Balaban J connectivity index is 1.58. The molecule has 1 saturated heterocycles. The molecule has 5 nitrogen and oxygen atoms in total. The summed E-state index contributed by atoms with van der Waals surface area (Å²) in [5.41, 5.74) is 2.79. The van der Waals surface area contributed by atoms with Crippen LogP contribution in [0.2, 0.25) is 0 Å². The van der Waals surface area contributed by atoms with Crippen molar-refractivity contribution in [3.8, 4) is 22.9 Å². The van der Waals surface area contributed by atoms with E-state index in [2.05, 4.69) is 11.0 Å². The third-order valence-corrected chi connectivity index (χ3v) is 4.87. The van der Waals surface area contributed by atoms with Gasteiger partial charge in [-0.2, -0.15) is 5.26 Å². The highest BCUT2D eigenvalue weighted by Crippen LogP contribution is 2.25. The molecule has 0 bridgehead atoms. The molecule has 1 fully saturated rings. The minimum absolute atomic E-state index is 0.0719. The van der Waals surface area contributed by atoms with Gasteiger partial charge < -0.3 is 9.47 Å². The number of nitriles is 1. The van der Waals surface area contributed by atoms with Crippen LogP contribution >= 0.6 is 0 Å². The van der Waals surface area contributed by atoms with E-state index in [4.69, 9.17) is 14.7 Å². The summed E-state index contributed by atoms with van der Waals surface area (Å²) in [6, 6.07) is 17.7. The van der Waals surface area contributed by atoms with Gasteiger partial charge in [-0.15, -0.1) is 0 Å². The molecule has 1 heterocycles. The maximum atomic E-state index is 11.7. The first-order valence-electron chi connectivity index (χ1n) is 8.62. The van der Waals surface area contributed by atoms with Gasteiger partial charge in [0.25, 0.3) is 0 Å². The largest absolute Gasteiger partial charge is 0.492 e. The summed E-state index contributed by atoms with van der Waals surface area (Å²) >= 11 is 0. The Morgan fingerprint density at radius 2 is 1.77 bits per heavy atom. The number of hydrogen-bond donors (Lipinski definition) is 0. The summed E-state index contributed by atoms with van der Waals surface area (Å²) in [4.78, 5) is 13.8. The molecule has 0 N–H and O–H groups in total. The SMILES string of the molecule is COC(=O)[C@H]1C[C@@H](COc2ccc(-c3ccc(C#N)cc3)cc2)N(C)C1. The number of hydrogen-bond acceptors (Lipinski definition) is 5. The maximum Gasteiger partial charge on any atom is 0.310 e. The normalized spacial score (nSPS) is 19.7. The van der Waals surface area contributed by atoms with Gasteiger partial charge in [-0.25, -0.2) is 0 Å². The number of carbonyl (C=O) groups excluding carboxylic acids is 1. The molecule has 0 amide bonds. The number of ether oxygens (including phenoxy) is 2. The number of rotatable bonds is 5. The van der Waals surface area contributed by atoms with Crippen molar-refractivity contribution in [2.75, 3.05) is 27.3 Å². The number of esters is 1. The Bertz CT molecular complexity index is 794. The molecule has 0 aliphatic carbocycles. The predicted molar refractivity (Wildman–Crippen MR) is 98.6 cm³/mol. The lowest BCUT2D eigenvalue weighted by molar-refractivity contribution is -0.144. The first-order chi connectivity index (χ1) is 12.6. The van der Waals surface area contributed by atoms with Crippen LogP contribution in [0.25, 0.3) is 11.1 Å². The molecule has 0 saturated carbocycles. The quantitative estimate of drug-likeness (QED) is 0.776. The van der Waals surface area contributed by atoms with Crippen LogP contribution in [0.15, 0.2) is 48.5 Å². The number of methoxy groups -OCH3 is 1. The van der Waals surface area contributed by atoms with Gasteiger partial charge in [-0.05, 0) is 48.9 Å². The minimum Gasteiger partial charge on any atom is -0.492 e. The number of nitrogens with zero attached hydrogens (tertiary/aromatic N) is 2. The Kier molecular flexibility index (Phi) is 5.55. The highest BCUT2D eigenvalue weighted by Gasteiger charge is 2.34. The van der Waals surface area contributed by atoms with Gasteiger partial charge in [0.05, 0.1) is 24.7 Å². The Morgan fingerprint density at radius 3 is 2.35 bits per heavy atom. The molecule has 5 heteroatoms. The standard InChI is InChI=1S/C21H22N2O3/c1-23-13-18(21(24)25-2)11-19(23)14-26-20-9-7-17(8-10-20)16-5-3-15(12-22)4-6-16/h3-10,18-19H,11,13-14H2,1-2H3/t18-,19-/m0/s1. The molecular formula is C21H22N2O3. The Labute approximate surface area is 153 Å². The van der Waals surface area contributed by atoms with Crippen LogP contribution in [-0.2, 0) is 9.53 Å². The summed E-state index contributed by atoms with van der Waals surface area (Å²) < 4.78 is 10.8. The zero-order valence-corrected chi connectivity index (χ0v) is 15.0. The van der Waals surface area contributed by atoms with Gasteiger partial charge in [-0.3, -0.25) is 9.69 Å². The Hall–Kier alpha value is -2.84. The van der Waals surface area contributed by atoms with E-state index in [0.29, 0.717) is 18.7 Å². The molecule has 134 valence electrons. The van der Waals surface area contributed by atoms with Crippen LogP contribution in [0.3, 0.4) is 0 Å². The second-order valence-electron chi connectivity index (χ2n) is 6.57. The third-order valence-electron chi connectivity index (χ3n) is 4.87. The first kappa shape index (κ1) is 18.0. The van der Waals surface area contributed by atoms with E-state index in [1.54, 1.807) is 0 Å². The van der Waals surface area contributed by atoms with E-state index in [-0.39, 0.29) is 17.9 Å². The smallest absolute Gasteiger partial charge is 0.310 e. The van der Waals surface area contributed by atoms with Gasteiger partial charge in [0.2, 0.25) is 0 Å². The molecule has 2 aromatic carbocycles. The summed E-state index contributed by atoms with van der Waals surface area (Å²) in [5.74, 6) is 0.584. The summed E-state index contributed by atoms with van der Waals surface area (Å²) in [6.45, 7) is 1.25. The molecular weight excluding hydrogens is 328 g/mol. The average Bonchev–Trinajstić information content (AvgIpc) is 3.07. The first-order valence-corrected chi connectivity index (χ1v) is 8.62. The molecule has 1 aliphatic heterocycles. The summed E-state index contributed by atoms with van der Waals surface area (Å²) in [6.07, 6.45) is 0.756. The van der Waals surface area contributed by atoms with Gasteiger partial charge >= 0.3 is 5.97 Å². The summed E-state index contributed by atoms with van der Waals surface area (Å²) in [7, 11) is 3.44. The van der Waals surface area contributed by atoms with E-state index in [1.807, 2.05) is 55.6 Å². The molecule has 0 spiro atoms. The van der Waals surface area contributed by atoms with E-state index in [1.165, 1.54) is 7.11 Å². The third kappa shape index (κ3) is 4.04. The number of likely N-dealkylation sites (N-methyl/N-ethyl adjacent to an activating group) is 1. The van der Waals surface area contributed by atoms with Crippen molar-refractivity contribution in [2.24, 2.45) is 5.92 Å². The molecule has 3 rings (SSSR count). The van der Waals surface area contributed by atoms with Crippen molar-refractivity contribution >= 4 is 5.97 Å². The molecule has 0 aromatic heterocycles. The van der Waals surface area contributed by atoms with Gasteiger partial charge in [0.1, 0.15) is 12.4 Å². The second kappa shape index (κ2) is 8.03. The zero-order chi connectivity index (χ0) is 18.5. The van der Waals surface area contributed by atoms with Crippen molar-refractivity contribution < 1.29 is 14.3 Å². The predicted octanol–water partition coefficient (Wildman–Crippen LogP) is 3.10. The van der Waals surface area contributed by atoms with Crippen molar-refractivity contribution in [1.82, 2.24) is 4.90 Å². The van der Waals surface area contributed by atoms with Gasteiger partial charge in [0, 0.05) is 12.6 Å². The fourth-order valence-electron chi connectivity index (χ4n) is 3.29. The van der Waals surface area contributed by atoms with E-state index in [9.17, 15) is 4.79 Å². The zero-order valence-electron chi connectivity index (χ0n) is 15.0. The Morgan fingerprint density at radius 1 is 1.15 bits per heavy atom. The molecule has 2 aromatic rings. The lowest BCUT2D eigenvalue weighted by Crippen LogP contribution is -2.30. The highest BCUT2D eigenvalue weighted by molar-refractivity contribution is 5.73. The van der Waals surface area contributed by atoms with Crippen LogP contribution in [0.1, 0.15) is 12.0 Å². The fraction of sp³-hybridized carbons (Fsp3) is 0.333. The molecule has 0 unspecified atom stereocenters. The van der Waals surface area contributed by atoms with Crippen LogP contribution in [0.5, 0.6) is 5.75 Å². The van der Waals surface area contributed by atoms with E-state index >= 15 is 0 Å². The fourth-order valence-corrected chi connectivity index (χ4v) is 3.29. The lowest BCUT2D eigenvalue weighted by atomic mass is 10.0. The number of likely N-dealkylation sites (tertiary alicyclic amines) is 1. The summed E-state index contributed by atoms with van der Waals surface area (Å²) in [5, 5.41) is 8.87. The van der Waals surface area contributed by atoms with Gasteiger partial charge in [-0.1, -0.05) is 24.3 Å². The van der Waals surface area contributed by atoms with E-state index < -0.39 is 0 Å². The molecule has 1 aliphatic rings. The average molecular weight is 350 g/mol. The molecule has 0 radical (unpaired) electrons. The molecule has 26 heavy (non-hydrogen) atoms. The molecule has 2 atom stereocenters. The van der Waals surface area contributed by atoms with Crippen molar-refractivity contribution in [3.63, 3.8) is 0 Å². The van der Waals surface area contributed by atoms with Gasteiger partial charge in [0.15, 0.2) is 0 Å². The van der Waals surface area contributed by atoms with Crippen molar-refractivity contribution in [2.45, 2.75) is 12.5 Å². The lowest BCUT2D eigenvalue weighted by Gasteiger charge is -2.19.